The Balaban J connectivity index is 1.78. The molecule has 0 bridgehead atoms. The van der Waals surface area contributed by atoms with E-state index in [0.29, 0.717) is 33.5 Å². The highest BCUT2D eigenvalue weighted by Gasteiger charge is 2.13. The maximum atomic E-state index is 12.3. The number of carbonyl (C=O) groups is 3. The Labute approximate surface area is 189 Å². The summed E-state index contributed by atoms with van der Waals surface area (Å²) >= 11 is 13.3. The van der Waals surface area contributed by atoms with E-state index in [4.69, 9.17) is 32.7 Å². The van der Waals surface area contributed by atoms with Crippen LogP contribution in [0.4, 0.5) is 5.69 Å². The largest absolute Gasteiger partial charge is 0.492 e. The lowest BCUT2D eigenvalue weighted by Crippen LogP contribution is -2.15. The lowest BCUT2D eigenvalue weighted by molar-refractivity contribution is -0.142. The van der Waals surface area contributed by atoms with Crippen LogP contribution in [0.15, 0.2) is 41.3 Å². The number of amides is 1. The second kappa shape index (κ2) is 11.8. The zero-order chi connectivity index (χ0) is 22.1. The topological polar surface area (TPSA) is 81.7 Å². The van der Waals surface area contributed by atoms with Crippen LogP contribution in [0.25, 0.3) is 0 Å². The van der Waals surface area contributed by atoms with Crippen molar-refractivity contribution < 1.29 is 23.9 Å². The molecule has 0 fully saturated rings. The van der Waals surface area contributed by atoms with E-state index in [0.717, 1.165) is 4.90 Å². The number of hydrogen-bond acceptors (Lipinski definition) is 6. The Morgan fingerprint density at radius 3 is 2.53 bits per heavy atom. The molecule has 30 heavy (non-hydrogen) atoms. The fourth-order valence-corrected chi connectivity index (χ4v) is 3.46. The highest BCUT2D eigenvalue weighted by atomic mass is 35.5. The van der Waals surface area contributed by atoms with Gasteiger partial charge in [0.05, 0.1) is 17.3 Å². The first kappa shape index (κ1) is 24.1. The predicted molar refractivity (Wildman–Crippen MR) is 119 cm³/mol. The Morgan fingerprint density at radius 1 is 1.10 bits per heavy atom. The number of anilines is 1. The van der Waals surface area contributed by atoms with E-state index < -0.39 is 5.97 Å². The van der Waals surface area contributed by atoms with Crippen molar-refractivity contribution in [1.29, 1.82) is 0 Å². The Bertz CT molecular complexity index is 936. The van der Waals surface area contributed by atoms with Gasteiger partial charge < -0.3 is 14.8 Å². The summed E-state index contributed by atoms with van der Waals surface area (Å²) in [5.74, 6) is -0.611. The first-order chi connectivity index (χ1) is 14.3. The standard InChI is InChI=1S/C21H21Cl2NO5S/c1-13(25)24-17-10-14(5-8-20(17)30-2)18(26)12-29-21(27)4-3-9-28-19-7-6-15(22)11-16(19)23/h5-8,10-11H,3-4,9,12H2,1-2H3,(H,24,25). The molecular weight excluding hydrogens is 449 g/mol. The van der Waals surface area contributed by atoms with Gasteiger partial charge in [0.25, 0.3) is 0 Å². The van der Waals surface area contributed by atoms with Crippen LogP contribution in [0, 0.1) is 0 Å². The van der Waals surface area contributed by atoms with Gasteiger partial charge in [-0.05, 0) is 43.0 Å². The molecule has 0 unspecified atom stereocenters. The first-order valence-electron chi connectivity index (χ1n) is 9.02. The minimum Gasteiger partial charge on any atom is -0.492 e. The summed E-state index contributed by atoms with van der Waals surface area (Å²) in [4.78, 5) is 36.4. The molecule has 0 aromatic heterocycles. The average molecular weight is 470 g/mol. The molecule has 160 valence electrons. The number of benzene rings is 2. The molecule has 0 aliphatic carbocycles. The minimum atomic E-state index is -0.503. The summed E-state index contributed by atoms with van der Waals surface area (Å²) in [5, 5.41) is 3.59. The van der Waals surface area contributed by atoms with E-state index in [1.807, 2.05) is 6.26 Å². The summed E-state index contributed by atoms with van der Waals surface area (Å²) in [7, 11) is 0. The second-order valence-corrected chi connectivity index (χ2v) is 7.90. The van der Waals surface area contributed by atoms with Crippen LogP contribution < -0.4 is 10.1 Å². The molecule has 6 nitrogen and oxygen atoms in total. The molecule has 0 aliphatic rings. The minimum absolute atomic E-state index is 0.0983. The van der Waals surface area contributed by atoms with Gasteiger partial charge in [-0.25, -0.2) is 0 Å². The molecule has 2 aromatic rings. The number of carbonyl (C=O) groups excluding carboxylic acids is 3. The molecule has 1 N–H and O–H groups in total. The Morgan fingerprint density at radius 2 is 1.87 bits per heavy atom. The van der Waals surface area contributed by atoms with Crippen molar-refractivity contribution in [2.24, 2.45) is 0 Å². The van der Waals surface area contributed by atoms with E-state index in [2.05, 4.69) is 5.32 Å². The van der Waals surface area contributed by atoms with Crippen LogP contribution in [-0.4, -0.2) is 37.1 Å². The van der Waals surface area contributed by atoms with E-state index >= 15 is 0 Å². The van der Waals surface area contributed by atoms with E-state index in [1.54, 1.807) is 36.4 Å². The molecule has 0 atom stereocenters. The van der Waals surface area contributed by atoms with Gasteiger partial charge >= 0.3 is 5.97 Å². The van der Waals surface area contributed by atoms with Crippen LogP contribution in [0.5, 0.6) is 5.75 Å². The zero-order valence-electron chi connectivity index (χ0n) is 16.5. The molecule has 0 spiro atoms. The Hall–Kier alpha value is -2.22. The normalized spacial score (nSPS) is 10.4. The number of nitrogens with one attached hydrogen (secondary N) is 1. The van der Waals surface area contributed by atoms with Crippen LogP contribution >= 0.6 is 35.0 Å². The molecule has 9 heteroatoms. The van der Waals surface area contributed by atoms with Gasteiger partial charge in [0.1, 0.15) is 5.75 Å². The van der Waals surface area contributed by atoms with E-state index in [9.17, 15) is 14.4 Å². The van der Waals surface area contributed by atoms with Crippen molar-refractivity contribution in [3.63, 3.8) is 0 Å². The molecule has 0 radical (unpaired) electrons. The number of halogens is 2. The lowest BCUT2D eigenvalue weighted by atomic mass is 10.1. The maximum absolute atomic E-state index is 12.3. The summed E-state index contributed by atoms with van der Waals surface area (Å²) in [6.07, 6.45) is 2.37. The maximum Gasteiger partial charge on any atom is 0.306 e. The zero-order valence-corrected chi connectivity index (χ0v) is 18.8. The monoisotopic (exact) mass is 469 g/mol. The first-order valence-corrected chi connectivity index (χ1v) is 11.0. The predicted octanol–water partition coefficient (Wildman–Crippen LogP) is 5.26. The SMILES string of the molecule is CSc1ccc(C(=O)COC(=O)CCCOc2ccc(Cl)cc2Cl)cc1NC(C)=O. The Kier molecular flexibility index (Phi) is 9.49. The molecule has 2 rings (SSSR count). The number of ketones is 1. The molecule has 2 aromatic carbocycles. The van der Waals surface area contributed by atoms with Gasteiger partial charge in [-0.2, -0.15) is 0 Å². The van der Waals surface area contributed by atoms with Crippen molar-refractivity contribution in [2.45, 2.75) is 24.7 Å². The summed E-state index contributed by atoms with van der Waals surface area (Å²) in [5.41, 5.74) is 0.898. The van der Waals surface area contributed by atoms with Gasteiger partial charge in [-0.1, -0.05) is 29.3 Å². The third-order valence-electron chi connectivity index (χ3n) is 3.87. The van der Waals surface area contributed by atoms with Gasteiger partial charge in [-0.3, -0.25) is 14.4 Å². The number of ether oxygens (including phenoxy) is 2. The number of Topliss-reactive ketones (excluding diaryl/α,β-unsaturated/α-hetero) is 1. The molecule has 0 aliphatic heterocycles. The second-order valence-electron chi connectivity index (χ2n) is 6.21. The quantitative estimate of drug-likeness (QED) is 0.221. The highest BCUT2D eigenvalue weighted by molar-refractivity contribution is 7.98. The highest BCUT2D eigenvalue weighted by Crippen LogP contribution is 2.28. The fraction of sp³-hybridized carbons (Fsp3) is 0.286. The van der Waals surface area contributed by atoms with Gasteiger partial charge in [-0.15, -0.1) is 11.8 Å². The van der Waals surface area contributed by atoms with Crippen molar-refractivity contribution in [3.8, 4) is 5.75 Å². The molecule has 0 saturated heterocycles. The number of hydrogen-bond donors (Lipinski definition) is 1. The van der Waals surface area contributed by atoms with E-state index in [-0.39, 0.29) is 31.3 Å². The number of thioether (sulfide) groups is 1. The fourth-order valence-electron chi connectivity index (χ4n) is 2.46. The molecule has 0 heterocycles. The third-order valence-corrected chi connectivity index (χ3v) is 5.20. The lowest BCUT2D eigenvalue weighted by Gasteiger charge is -2.10. The third kappa shape index (κ3) is 7.55. The summed E-state index contributed by atoms with van der Waals surface area (Å²) in [6, 6.07) is 9.83. The number of esters is 1. The van der Waals surface area contributed by atoms with Crippen LogP contribution in [0.2, 0.25) is 10.0 Å². The van der Waals surface area contributed by atoms with Crippen LogP contribution in [-0.2, 0) is 14.3 Å². The molecule has 0 saturated carbocycles. The van der Waals surface area contributed by atoms with Gasteiger partial charge in [0.2, 0.25) is 5.91 Å². The van der Waals surface area contributed by atoms with Crippen LogP contribution in [0.1, 0.15) is 30.1 Å². The van der Waals surface area contributed by atoms with Gasteiger partial charge in [0, 0.05) is 28.8 Å². The van der Waals surface area contributed by atoms with Crippen molar-refractivity contribution >= 4 is 58.3 Å². The average Bonchev–Trinajstić information content (AvgIpc) is 2.70. The summed E-state index contributed by atoms with van der Waals surface area (Å²) in [6.45, 7) is 1.28. The van der Waals surface area contributed by atoms with E-state index in [1.165, 1.54) is 18.7 Å². The smallest absolute Gasteiger partial charge is 0.306 e. The molecular formula is C21H21Cl2NO5S. The molecule has 1 amide bonds. The van der Waals surface area contributed by atoms with Crippen molar-refractivity contribution in [1.82, 2.24) is 0 Å². The summed E-state index contributed by atoms with van der Waals surface area (Å²) < 4.78 is 10.5. The van der Waals surface area contributed by atoms with Crippen LogP contribution in [0.3, 0.4) is 0 Å². The number of rotatable bonds is 10. The van der Waals surface area contributed by atoms with Crippen molar-refractivity contribution in [2.75, 3.05) is 24.8 Å². The van der Waals surface area contributed by atoms with Gasteiger partial charge in [0.15, 0.2) is 12.4 Å². The van der Waals surface area contributed by atoms with Crippen molar-refractivity contribution in [3.05, 3.63) is 52.0 Å².